The zero-order valence-corrected chi connectivity index (χ0v) is 12.3. The molecule has 0 saturated heterocycles. The highest BCUT2D eigenvalue weighted by atomic mass is 16.5. The van der Waals surface area contributed by atoms with Crippen molar-refractivity contribution < 1.29 is 13.9 Å². The van der Waals surface area contributed by atoms with E-state index < -0.39 is 0 Å². The van der Waals surface area contributed by atoms with Crippen molar-refractivity contribution in [2.75, 3.05) is 25.1 Å². The highest BCUT2D eigenvalue weighted by Gasteiger charge is 2.20. The number of aryl methyl sites for hydroxylation is 1. The Hall–Kier alpha value is -2.27. The SMILES string of the molecule is COc1cccc(N(CCCN)C(=O)c2ccc(C)o2)c1. The van der Waals surface area contributed by atoms with Crippen molar-refractivity contribution in [3.63, 3.8) is 0 Å². The van der Waals surface area contributed by atoms with Gasteiger partial charge in [-0.05, 0) is 44.2 Å². The summed E-state index contributed by atoms with van der Waals surface area (Å²) in [5.74, 6) is 1.56. The number of ether oxygens (including phenoxy) is 1. The molecule has 2 rings (SSSR count). The number of nitrogens with zero attached hydrogens (tertiary/aromatic N) is 1. The van der Waals surface area contributed by atoms with Crippen molar-refractivity contribution in [1.29, 1.82) is 0 Å². The molecule has 0 unspecified atom stereocenters. The minimum atomic E-state index is -0.176. The lowest BCUT2D eigenvalue weighted by Crippen LogP contribution is -2.32. The molecule has 1 aromatic heterocycles. The summed E-state index contributed by atoms with van der Waals surface area (Å²) in [5.41, 5.74) is 6.33. The molecule has 1 amide bonds. The Morgan fingerprint density at radius 1 is 1.33 bits per heavy atom. The molecule has 0 spiro atoms. The fourth-order valence-electron chi connectivity index (χ4n) is 2.06. The van der Waals surface area contributed by atoms with Gasteiger partial charge in [-0.15, -0.1) is 0 Å². The van der Waals surface area contributed by atoms with Gasteiger partial charge in [-0.1, -0.05) is 6.07 Å². The standard InChI is InChI=1S/C16H20N2O3/c1-12-7-8-15(21-12)16(19)18(10-4-9-17)13-5-3-6-14(11-13)20-2/h3,5-8,11H,4,9-10,17H2,1-2H3. The number of hydrogen-bond acceptors (Lipinski definition) is 4. The van der Waals surface area contributed by atoms with Gasteiger partial charge in [-0.3, -0.25) is 4.79 Å². The molecule has 0 atom stereocenters. The predicted octanol–water partition coefficient (Wildman–Crippen LogP) is 2.59. The maximum Gasteiger partial charge on any atom is 0.293 e. The first-order chi connectivity index (χ1) is 10.2. The van der Waals surface area contributed by atoms with Gasteiger partial charge >= 0.3 is 0 Å². The lowest BCUT2D eigenvalue weighted by atomic mass is 10.2. The molecule has 0 radical (unpaired) electrons. The monoisotopic (exact) mass is 288 g/mol. The predicted molar refractivity (Wildman–Crippen MR) is 81.8 cm³/mol. The van der Waals surface area contributed by atoms with Crippen molar-refractivity contribution >= 4 is 11.6 Å². The molecular formula is C16H20N2O3. The Bertz CT molecular complexity index is 607. The molecule has 0 bridgehead atoms. The van der Waals surface area contributed by atoms with Crippen LogP contribution < -0.4 is 15.4 Å². The minimum absolute atomic E-state index is 0.176. The molecule has 21 heavy (non-hydrogen) atoms. The van der Waals surface area contributed by atoms with E-state index in [1.54, 1.807) is 24.1 Å². The third-order valence-corrected chi connectivity index (χ3v) is 3.15. The first-order valence-corrected chi connectivity index (χ1v) is 6.88. The van der Waals surface area contributed by atoms with Crippen LogP contribution in [-0.2, 0) is 0 Å². The van der Waals surface area contributed by atoms with Crippen LogP contribution in [0.1, 0.15) is 22.7 Å². The van der Waals surface area contributed by atoms with Crippen LogP contribution in [0, 0.1) is 6.92 Å². The highest BCUT2D eigenvalue weighted by Crippen LogP contribution is 2.23. The van der Waals surface area contributed by atoms with Crippen LogP contribution in [0.3, 0.4) is 0 Å². The van der Waals surface area contributed by atoms with E-state index in [1.807, 2.05) is 31.2 Å². The molecule has 0 aliphatic rings. The Morgan fingerprint density at radius 3 is 2.76 bits per heavy atom. The van der Waals surface area contributed by atoms with Crippen LogP contribution in [0.2, 0.25) is 0 Å². The number of amides is 1. The first-order valence-electron chi connectivity index (χ1n) is 6.88. The third-order valence-electron chi connectivity index (χ3n) is 3.15. The summed E-state index contributed by atoms with van der Waals surface area (Å²) in [7, 11) is 1.60. The van der Waals surface area contributed by atoms with E-state index in [2.05, 4.69) is 0 Å². The Balaban J connectivity index is 2.30. The lowest BCUT2D eigenvalue weighted by Gasteiger charge is -2.22. The number of furan rings is 1. The summed E-state index contributed by atoms with van der Waals surface area (Å²) < 4.78 is 10.6. The summed E-state index contributed by atoms with van der Waals surface area (Å²) in [4.78, 5) is 14.3. The van der Waals surface area contributed by atoms with Crippen molar-refractivity contribution in [2.24, 2.45) is 5.73 Å². The fourth-order valence-corrected chi connectivity index (χ4v) is 2.06. The molecule has 0 aliphatic heterocycles. The summed E-state index contributed by atoms with van der Waals surface area (Å²) in [6, 6.07) is 10.8. The van der Waals surface area contributed by atoms with Gasteiger partial charge in [-0.25, -0.2) is 0 Å². The van der Waals surface area contributed by atoms with Gasteiger partial charge in [0.25, 0.3) is 5.91 Å². The molecule has 5 heteroatoms. The van der Waals surface area contributed by atoms with E-state index in [-0.39, 0.29) is 5.91 Å². The summed E-state index contributed by atoms with van der Waals surface area (Å²) in [6.45, 7) is 2.86. The lowest BCUT2D eigenvalue weighted by molar-refractivity contribution is 0.0959. The fraction of sp³-hybridized carbons (Fsp3) is 0.312. The second-order valence-electron chi connectivity index (χ2n) is 4.71. The zero-order valence-electron chi connectivity index (χ0n) is 12.3. The van der Waals surface area contributed by atoms with Crippen molar-refractivity contribution in [1.82, 2.24) is 0 Å². The van der Waals surface area contributed by atoms with Crippen LogP contribution in [-0.4, -0.2) is 26.1 Å². The van der Waals surface area contributed by atoms with Gasteiger partial charge < -0.3 is 19.8 Å². The molecule has 112 valence electrons. The second kappa shape index (κ2) is 6.95. The molecule has 0 saturated carbocycles. The minimum Gasteiger partial charge on any atom is -0.497 e. The maximum atomic E-state index is 12.6. The topological polar surface area (TPSA) is 68.7 Å². The van der Waals surface area contributed by atoms with Crippen LogP contribution in [0.4, 0.5) is 5.69 Å². The van der Waals surface area contributed by atoms with Gasteiger partial charge in [0.05, 0.1) is 7.11 Å². The van der Waals surface area contributed by atoms with E-state index in [0.29, 0.717) is 36.8 Å². The largest absolute Gasteiger partial charge is 0.497 e. The second-order valence-corrected chi connectivity index (χ2v) is 4.71. The van der Waals surface area contributed by atoms with Crippen molar-refractivity contribution in [3.05, 3.63) is 47.9 Å². The molecule has 1 aromatic carbocycles. The number of carbonyl (C=O) groups is 1. The van der Waals surface area contributed by atoms with Gasteiger partial charge in [-0.2, -0.15) is 0 Å². The molecule has 2 N–H and O–H groups in total. The summed E-state index contributed by atoms with van der Waals surface area (Å²) in [5, 5.41) is 0. The molecule has 1 heterocycles. The summed E-state index contributed by atoms with van der Waals surface area (Å²) >= 11 is 0. The smallest absolute Gasteiger partial charge is 0.293 e. The number of carbonyl (C=O) groups excluding carboxylic acids is 1. The number of nitrogens with two attached hydrogens (primary N) is 1. The van der Waals surface area contributed by atoms with Crippen molar-refractivity contribution in [3.8, 4) is 5.75 Å². The third kappa shape index (κ3) is 3.64. The molecule has 0 fully saturated rings. The number of methoxy groups -OCH3 is 1. The number of benzene rings is 1. The Morgan fingerprint density at radius 2 is 2.14 bits per heavy atom. The van der Waals surface area contributed by atoms with Gasteiger partial charge in [0.15, 0.2) is 5.76 Å². The number of rotatable bonds is 6. The van der Waals surface area contributed by atoms with E-state index >= 15 is 0 Å². The molecule has 2 aromatic rings. The van der Waals surface area contributed by atoms with Gasteiger partial charge in [0.1, 0.15) is 11.5 Å². The number of hydrogen-bond donors (Lipinski definition) is 1. The van der Waals surface area contributed by atoms with Crippen LogP contribution in [0.5, 0.6) is 5.75 Å². The van der Waals surface area contributed by atoms with Crippen LogP contribution >= 0.6 is 0 Å². The van der Waals surface area contributed by atoms with Crippen LogP contribution in [0.25, 0.3) is 0 Å². The Labute approximate surface area is 124 Å². The molecular weight excluding hydrogens is 268 g/mol. The molecule has 5 nitrogen and oxygen atoms in total. The quantitative estimate of drug-likeness (QED) is 0.887. The number of anilines is 1. The van der Waals surface area contributed by atoms with E-state index in [4.69, 9.17) is 14.9 Å². The normalized spacial score (nSPS) is 10.4. The highest BCUT2D eigenvalue weighted by molar-refractivity contribution is 6.04. The van der Waals surface area contributed by atoms with E-state index in [9.17, 15) is 4.79 Å². The zero-order chi connectivity index (χ0) is 15.2. The van der Waals surface area contributed by atoms with Gasteiger partial charge in [0, 0.05) is 18.3 Å². The first kappa shape index (κ1) is 15.1. The average molecular weight is 288 g/mol. The van der Waals surface area contributed by atoms with Crippen LogP contribution in [0.15, 0.2) is 40.8 Å². The Kier molecular flexibility index (Phi) is 5.00. The summed E-state index contributed by atoms with van der Waals surface area (Å²) in [6.07, 6.45) is 0.711. The van der Waals surface area contributed by atoms with E-state index in [0.717, 1.165) is 5.69 Å². The van der Waals surface area contributed by atoms with Gasteiger partial charge in [0.2, 0.25) is 0 Å². The average Bonchev–Trinajstić information content (AvgIpc) is 2.94. The van der Waals surface area contributed by atoms with E-state index in [1.165, 1.54) is 0 Å². The van der Waals surface area contributed by atoms with Crippen molar-refractivity contribution in [2.45, 2.75) is 13.3 Å². The molecule has 0 aliphatic carbocycles. The maximum absolute atomic E-state index is 12.6.